The molecule has 0 radical (unpaired) electrons. The third kappa shape index (κ3) is 28.0. The Balaban J connectivity index is -0.000000426. The zero-order valence-electron chi connectivity index (χ0n) is 18.5. The van der Waals surface area contributed by atoms with Crippen LogP contribution in [0.15, 0.2) is 9.98 Å². The molecule has 0 spiro atoms. The minimum absolute atomic E-state index is 0.0129. The number of aliphatic imine (C=N–C) groups is 2. The van der Waals surface area contributed by atoms with Gasteiger partial charge in [-0.15, -0.1) is 0 Å². The van der Waals surface area contributed by atoms with Crippen LogP contribution in [0.4, 0.5) is 0 Å². The standard InChI is InChI=1S/2C6H14N4O2.C5H6O5/c2*7-4(5(11)12)2-1-3-10-6(8)9;6-3(5(9)10)1-2-4(7)8/h2*4H,1-3,7H2,(H,11,12)(H4,8,9,10);1-2H2,(H,7,8)(H,9,10)/t2*4-;/m11./s1. The molecule has 0 aliphatic heterocycles. The summed E-state index contributed by atoms with van der Waals surface area (Å²) in [6, 6.07) is -1.64. The molecule has 34 heavy (non-hydrogen) atoms. The summed E-state index contributed by atoms with van der Waals surface area (Å²) in [6.07, 6.45) is 1.05. The number of hydrogen-bond acceptors (Lipinski definition) is 9. The summed E-state index contributed by atoms with van der Waals surface area (Å²) in [6.45, 7) is 0.840. The van der Waals surface area contributed by atoms with E-state index < -0.39 is 54.6 Å². The molecule has 17 nitrogen and oxygen atoms in total. The van der Waals surface area contributed by atoms with Gasteiger partial charge in [-0.2, -0.15) is 0 Å². The Labute approximate surface area is 194 Å². The molecule has 0 fully saturated rings. The summed E-state index contributed by atoms with van der Waals surface area (Å²) < 4.78 is 0. The lowest BCUT2D eigenvalue weighted by molar-refractivity contribution is -0.149. The van der Waals surface area contributed by atoms with Crippen molar-refractivity contribution >= 4 is 41.6 Å². The first-order chi connectivity index (χ1) is 15.6. The van der Waals surface area contributed by atoms with Gasteiger partial charge in [0.25, 0.3) is 0 Å². The summed E-state index contributed by atoms with van der Waals surface area (Å²) >= 11 is 0. The van der Waals surface area contributed by atoms with Crippen molar-refractivity contribution in [2.24, 2.45) is 44.4 Å². The third-order valence-corrected chi connectivity index (χ3v) is 3.37. The van der Waals surface area contributed by atoms with Crippen molar-refractivity contribution < 1.29 is 44.4 Å². The molecule has 0 unspecified atom stereocenters. The van der Waals surface area contributed by atoms with Crippen LogP contribution in [0.25, 0.3) is 0 Å². The lowest BCUT2D eigenvalue weighted by Crippen LogP contribution is -2.30. The molecule has 0 aliphatic rings. The number of rotatable bonds is 14. The SMILES string of the molecule is NC(N)=NCCC[C@@H](N)C(=O)O.NC(N)=NCCC[C@@H](N)C(=O)O.O=C(O)CCC(=O)C(=O)O. The number of nitrogens with two attached hydrogens (primary N) is 6. The van der Waals surface area contributed by atoms with Crippen LogP contribution >= 0.6 is 0 Å². The zero-order valence-corrected chi connectivity index (χ0v) is 18.5. The summed E-state index contributed by atoms with van der Waals surface area (Å²) in [4.78, 5) is 57.5. The van der Waals surface area contributed by atoms with Gasteiger partial charge in [-0.1, -0.05) is 0 Å². The quantitative estimate of drug-likeness (QED) is 0.0482. The van der Waals surface area contributed by atoms with Crippen molar-refractivity contribution in [2.45, 2.75) is 50.6 Å². The maximum atomic E-state index is 10.2. The number of guanidine groups is 2. The van der Waals surface area contributed by atoms with E-state index in [1.54, 1.807) is 0 Å². The maximum absolute atomic E-state index is 10.2. The summed E-state index contributed by atoms with van der Waals surface area (Å²) in [5.74, 6) is -5.80. The summed E-state index contributed by atoms with van der Waals surface area (Å²) in [7, 11) is 0. The molecule has 0 bridgehead atoms. The molecule has 2 atom stereocenters. The number of aliphatic carboxylic acids is 4. The second-order valence-corrected chi connectivity index (χ2v) is 6.41. The van der Waals surface area contributed by atoms with Crippen LogP contribution in [0.3, 0.4) is 0 Å². The highest BCUT2D eigenvalue weighted by molar-refractivity contribution is 6.32. The Kier molecular flexibility index (Phi) is 21.3. The van der Waals surface area contributed by atoms with Crippen LogP contribution < -0.4 is 34.4 Å². The predicted molar refractivity (Wildman–Crippen MR) is 121 cm³/mol. The van der Waals surface area contributed by atoms with Crippen LogP contribution in [-0.2, 0) is 24.0 Å². The van der Waals surface area contributed by atoms with E-state index in [0.717, 1.165) is 0 Å². The van der Waals surface area contributed by atoms with Crippen molar-refractivity contribution in [2.75, 3.05) is 13.1 Å². The van der Waals surface area contributed by atoms with Gasteiger partial charge in [0.2, 0.25) is 5.78 Å². The average Bonchev–Trinajstić information content (AvgIpc) is 2.72. The molecule has 16 N–H and O–H groups in total. The van der Waals surface area contributed by atoms with E-state index in [4.69, 9.17) is 54.8 Å². The second-order valence-electron chi connectivity index (χ2n) is 6.41. The van der Waals surface area contributed by atoms with Gasteiger partial charge in [0.15, 0.2) is 11.9 Å². The van der Waals surface area contributed by atoms with E-state index in [9.17, 15) is 24.0 Å². The Morgan fingerprint density at radius 3 is 1.24 bits per heavy atom. The van der Waals surface area contributed by atoms with E-state index in [1.807, 2.05) is 0 Å². The second kappa shape index (κ2) is 20.9. The first kappa shape index (κ1) is 34.6. The predicted octanol–water partition coefficient (Wildman–Crippen LogP) is -3.59. The number of Topliss-reactive ketones (excluding diaryl/α,β-unsaturated/α-hetero) is 1. The molecule has 0 aliphatic carbocycles. The lowest BCUT2D eigenvalue weighted by Gasteiger charge is -2.03. The molecular weight excluding hydrogens is 460 g/mol. The molecule has 0 saturated carbocycles. The fourth-order valence-corrected chi connectivity index (χ4v) is 1.61. The molecule has 0 rings (SSSR count). The van der Waals surface area contributed by atoms with Gasteiger partial charge < -0.3 is 54.8 Å². The molecule has 0 aromatic rings. The third-order valence-electron chi connectivity index (χ3n) is 3.37. The van der Waals surface area contributed by atoms with Gasteiger partial charge in [-0.3, -0.25) is 29.2 Å². The molecule has 196 valence electrons. The average molecular weight is 495 g/mol. The van der Waals surface area contributed by atoms with Crippen molar-refractivity contribution in [3.63, 3.8) is 0 Å². The van der Waals surface area contributed by atoms with Crippen LogP contribution in [0.2, 0.25) is 0 Å². The molecule has 0 aromatic carbocycles. The largest absolute Gasteiger partial charge is 0.481 e. The minimum Gasteiger partial charge on any atom is -0.481 e. The first-order valence-corrected chi connectivity index (χ1v) is 9.67. The normalized spacial score (nSPS) is 11.1. The van der Waals surface area contributed by atoms with Crippen LogP contribution in [0.5, 0.6) is 0 Å². The Bertz CT molecular complexity index is 680. The number of hydrogen-bond donors (Lipinski definition) is 10. The van der Waals surface area contributed by atoms with Gasteiger partial charge in [0.1, 0.15) is 12.1 Å². The van der Waals surface area contributed by atoms with E-state index >= 15 is 0 Å². The van der Waals surface area contributed by atoms with Gasteiger partial charge in [0, 0.05) is 19.5 Å². The smallest absolute Gasteiger partial charge is 0.372 e. The van der Waals surface area contributed by atoms with E-state index in [1.165, 1.54) is 0 Å². The van der Waals surface area contributed by atoms with E-state index in [-0.39, 0.29) is 11.9 Å². The number of carboxylic acid groups (broad SMARTS) is 4. The number of ketones is 1. The van der Waals surface area contributed by atoms with E-state index in [0.29, 0.717) is 38.8 Å². The van der Waals surface area contributed by atoms with Gasteiger partial charge in [-0.25, -0.2) is 4.79 Å². The molecule has 0 aromatic heterocycles. The molecule has 0 amide bonds. The molecule has 0 heterocycles. The topological polar surface area (TPSA) is 347 Å². The first-order valence-electron chi connectivity index (χ1n) is 9.67. The van der Waals surface area contributed by atoms with Crippen molar-refractivity contribution in [3.8, 4) is 0 Å². The Morgan fingerprint density at radius 2 is 1.00 bits per heavy atom. The highest BCUT2D eigenvalue weighted by Crippen LogP contribution is 1.95. The molecule has 0 saturated heterocycles. The van der Waals surface area contributed by atoms with Gasteiger partial charge in [0.05, 0.1) is 6.42 Å². The van der Waals surface area contributed by atoms with Gasteiger partial charge >= 0.3 is 23.9 Å². The lowest BCUT2D eigenvalue weighted by atomic mass is 10.2. The molecular formula is C17H34N8O9. The number of carbonyl (C=O) groups excluding carboxylic acids is 1. The minimum atomic E-state index is -1.58. The Hall–Kier alpha value is -3.99. The highest BCUT2D eigenvalue weighted by atomic mass is 16.4. The van der Waals surface area contributed by atoms with Crippen molar-refractivity contribution in [1.29, 1.82) is 0 Å². The maximum Gasteiger partial charge on any atom is 0.372 e. The van der Waals surface area contributed by atoms with Crippen molar-refractivity contribution in [3.05, 3.63) is 0 Å². The van der Waals surface area contributed by atoms with Crippen LogP contribution in [0, 0.1) is 0 Å². The Morgan fingerprint density at radius 1 is 0.647 bits per heavy atom. The molecule has 17 heteroatoms. The number of carbonyl (C=O) groups is 5. The fourth-order valence-electron chi connectivity index (χ4n) is 1.61. The van der Waals surface area contributed by atoms with Gasteiger partial charge in [-0.05, 0) is 25.7 Å². The monoisotopic (exact) mass is 494 g/mol. The number of nitrogens with zero attached hydrogens (tertiary/aromatic N) is 2. The zero-order chi connectivity index (χ0) is 27.3. The number of carboxylic acids is 4. The van der Waals surface area contributed by atoms with Crippen molar-refractivity contribution in [1.82, 2.24) is 0 Å². The van der Waals surface area contributed by atoms with Crippen LogP contribution in [-0.4, -0.2) is 87.2 Å². The summed E-state index contributed by atoms with van der Waals surface area (Å²) in [5, 5.41) is 32.7. The highest BCUT2D eigenvalue weighted by Gasteiger charge is 2.12. The van der Waals surface area contributed by atoms with Crippen LogP contribution in [0.1, 0.15) is 38.5 Å². The fraction of sp³-hybridized carbons (Fsp3) is 0.588. The summed E-state index contributed by atoms with van der Waals surface area (Å²) in [5.41, 5.74) is 30.6. The van der Waals surface area contributed by atoms with E-state index in [2.05, 4.69) is 9.98 Å².